The lowest BCUT2D eigenvalue weighted by molar-refractivity contribution is -0.148. The van der Waals surface area contributed by atoms with Crippen molar-refractivity contribution < 1.29 is 19.1 Å². The average molecular weight is 331 g/mol. The Kier molecular flexibility index (Phi) is 5.38. The number of amides is 1. The van der Waals surface area contributed by atoms with Gasteiger partial charge in [0.1, 0.15) is 12.6 Å². The maximum atomic E-state index is 12.7. The standard InChI is InChI=1S/C19H25NO4/c1-2-23-18(21)17-12-15-10-6-7-11-16(15)20(17)19(22)24-13-14-8-4-3-5-9-14/h3-5,8-9,15-17H,2,6-7,10-13H2,1H3/t15-,16-,17-/m0/s1. The van der Waals surface area contributed by atoms with Crippen LogP contribution in [-0.2, 0) is 20.9 Å². The van der Waals surface area contributed by atoms with Gasteiger partial charge in [0.25, 0.3) is 0 Å². The number of likely N-dealkylation sites (tertiary alicyclic amines) is 1. The van der Waals surface area contributed by atoms with Crippen LogP contribution in [0.2, 0.25) is 0 Å². The molecule has 5 heteroatoms. The maximum absolute atomic E-state index is 12.7. The summed E-state index contributed by atoms with van der Waals surface area (Å²) in [6.45, 7) is 2.35. The Bertz CT molecular complexity index is 574. The zero-order chi connectivity index (χ0) is 16.9. The van der Waals surface area contributed by atoms with E-state index in [4.69, 9.17) is 9.47 Å². The molecular formula is C19H25NO4. The third-order valence-electron chi connectivity index (χ3n) is 5.06. The number of nitrogens with zero attached hydrogens (tertiary/aromatic N) is 1. The van der Waals surface area contributed by atoms with E-state index in [9.17, 15) is 9.59 Å². The van der Waals surface area contributed by atoms with E-state index < -0.39 is 12.1 Å². The fraction of sp³-hybridized carbons (Fsp3) is 0.579. The highest BCUT2D eigenvalue weighted by Gasteiger charge is 2.48. The number of fused-ring (bicyclic) bond motifs is 1. The summed E-state index contributed by atoms with van der Waals surface area (Å²) in [7, 11) is 0. The minimum Gasteiger partial charge on any atom is -0.464 e. The predicted molar refractivity (Wildman–Crippen MR) is 89.3 cm³/mol. The largest absolute Gasteiger partial charge is 0.464 e. The predicted octanol–water partition coefficient (Wildman–Crippen LogP) is 3.52. The molecule has 2 aliphatic rings. The summed E-state index contributed by atoms with van der Waals surface area (Å²) in [4.78, 5) is 26.7. The number of esters is 1. The van der Waals surface area contributed by atoms with E-state index in [0.29, 0.717) is 18.9 Å². The SMILES string of the molecule is CCOC(=O)[C@@H]1C[C@@H]2CCCC[C@@H]2N1C(=O)OCc1ccccc1. The molecule has 1 aliphatic heterocycles. The second kappa shape index (κ2) is 7.69. The molecule has 1 aliphatic carbocycles. The van der Waals surface area contributed by atoms with Crippen molar-refractivity contribution in [1.29, 1.82) is 0 Å². The molecule has 0 bridgehead atoms. The zero-order valence-corrected chi connectivity index (χ0v) is 14.1. The summed E-state index contributed by atoms with van der Waals surface area (Å²) in [6.07, 6.45) is 4.59. The van der Waals surface area contributed by atoms with Crippen molar-refractivity contribution in [3.8, 4) is 0 Å². The van der Waals surface area contributed by atoms with Gasteiger partial charge in [0, 0.05) is 6.04 Å². The molecule has 1 saturated heterocycles. The van der Waals surface area contributed by atoms with Crippen LogP contribution in [0.5, 0.6) is 0 Å². The van der Waals surface area contributed by atoms with Gasteiger partial charge in [0.15, 0.2) is 0 Å². The molecule has 5 nitrogen and oxygen atoms in total. The van der Waals surface area contributed by atoms with E-state index in [-0.39, 0.29) is 18.6 Å². The number of carbonyl (C=O) groups excluding carboxylic acids is 2. The molecule has 24 heavy (non-hydrogen) atoms. The molecule has 1 heterocycles. The van der Waals surface area contributed by atoms with Gasteiger partial charge in [-0.05, 0) is 37.7 Å². The number of benzene rings is 1. The van der Waals surface area contributed by atoms with Gasteiger partial charge in [-0.15, -0.1) is 0 Å². The molecule has 0 radical (unpaired) electrons. The monoisotopic (exact) mass is 331 g/mol. The summed E-state index contributed by atoms with van der Waals surface area (Å²) >= 11 is 0. The summed E-state index contributed by atoms with van der Waals surface area (Å²) in [6, 6.07) is 9.20. The second-order valence-electron chi connectivity index (χ2n) is 6.56. The number of carbonyl (C=O) groups is 2. The van der Waals surface area contributed by atoms with Crippen LogP contribution in [0, 0.1) is 5.92 Å². The summed E-state index contributed by atoms with van der Waals surface area (Å²) < 4.78 is 10.7. The van der Waals surface area contributed by atoms with Crippen LogP contribution in [0.15, 0.2) is 30.3 Å². The molecule has 1 aromatic carbocycles. The minimum atomic E-state index is -0.499. The van der Waals surface area contributed by atoms with Crippen molar-refractivity contribution in [3.63, 3.8) is 0 Å². The van der Waals surface area contributed by atoms with Crippen molar-refractivity contribution in [1.82, 2.24) is 4.90 Å². The van der Waals surface area contributed by atoms with Gasteiger partial charge in [0.2, 0.25) is 0 Å². The van der Waals surface area contributed by atoms with E-state index in [1.54, 1.807) is 11.8 Å². The Morgan fingerprint density at radius 1 is 1.12 bits per heavy atom. The molecule has 1 aromatic rings. The first-order chi connectivity index (χ1) is 11.7. The molecule has 3 rings (SSSR count). The molecule has 130 valence electrons. The molecule has 1 saturated carbocycles. The van der Waals surface area contributed by atoms with Crippen LogP contribution in [0.4, 0.5) is 4.79 Å². The Morgan fingerprint density at radius 2 is 1.88 bits per heavy atom. The van der Waals surface area contributed by atoms with E-state index in [2.05, 4.69) is 0 Å². The summed E-state index contributed by atoms with van der Waals surface area (Å²) in [5.74, 6) is 0.0843. The third kappa shape index (κ3) is 3.55. The average Bonchev–Trinajstić information content (AvgIpc) is 3.00. The van der Waals surface area contributed by atoms with Gasteiger partial charge in [-0.3, -0.25) is 4.90 Å². The van der Waals surface area contributed by atoms with Crippen molar-refractivity contribution in [3.05, 3.63) is 35.9 Å². The Morgan fingerprint density at radius 3 is 2.62 bits per heavy atom. The highest BCUT2D eigenvalue weighted by atomic mass is 16.6. The van der Waals surface area contributed by atoms with Crippen LogP contribution in [0.1, 0.15) is 44.6 Å². The molecule has 1 amide bonds. The fourth-order valence-electron chi connectivity index (χ4n) is 3.97. The Hall–Kier alpha value is -2.04. The summed E-state index contributed by atoms with van der Waals surface area (Å²) in [5, 5.41) is 0. The van der Waals surface area contributed by atoms with Crippen molar-refractivity contribution in [2.75, 3.05) is 6.61 Å². The Balaban J connectivity index is 1.70. The number of hydrogen-bond donors (Lipinski definition) is 0. The van der Waals surface area contributed by atoms with Gasteiger partial charge >= 0.3 is 12.1 Å². The van der Waals surface area contributed by atoms with Gasteiger partial charge in [-0.2, -0.15) is 0 Å². The van der Waals surface area contributed by atoms with E-state index in [1.807, 2.05) is 30.3 Å². The summed E-state index contributed by atoms with van der Waals surface area (Å²) in [5.41, 5.74) is 0.943. The van der Waals surface area contributed by atoms with E-state index >= 15 is 0 Å². The molecule has 2 fully saturated rings. The first-order valence-electron chi connectivity index (χ1n) is 8.86. The lowest BCUT2D eigenvalue weighted by atomic mass is 9.85. The van der Waals surface area contributed by atoms with Gasteiger partial charge < -0.3 is 9.47 Å². The third-order valence-corrected chi connectivity index (χ3v) is 5.06. The molecule has 0 spiro atoms. The molecule has 0 aromatic heterocycles. The van der Waals surface area contributed by atoms with Crippen molar-refractivity contribution in [2.45, 2.75) is 57.7 Å². The highest BCUT2D eigenvalue weighted by Crippen LogP contribution is 2.40. The van der Waals surface area contributed by atoms with E-state index in [1.165, 1.54) is 6.42 Å². The fourth-order valence-corrected chi connectivity index (χ4v) is 3.97. The molecular weight excluding hydrogens is 306 g/mol. The highest BCUT2D eigenvalue weighted by molar-refractivity contribution is 5.82. The minimum absolute atomic E-state index is 0.108. The normalized spacial score (nSPS) is 25.9. The number of hydrogen-bond acceptors (Lipinski definition) is 4. The van der Waals surface area contributed by atoms with Crippen LogP contribution in [-0.4, -0.2) is 35.7 Å². The lowest BCUT2D eigenvalue weighted by Gasteiger charge is -2.32. The van der Waals surface area contributed by atoms with Crippen LogP contribution < -0.4 is 0 Å². The van der Waals surface area contributed by atoms with Crippen LogP contribution in [0.25, 0.3) is 0 Å². The number of ether oxygens (including phenoxy) is 2. The molecule has 0 unspecified atom stereocenters. The van der Waals surface area contributed by atoms with Gasteiger partial charge in [-0.25, -0.2) is 9.59 Å². The maximum Gasteiger partial charge on any atom is 0.411 e. The second-order valence-corrected chi connectivity index (χ2v) is 6.56. The number of rotatable bonds is 4. The molecule has 0 N–H and O–H groups in total. The molecule has 3 atom stereocenters. The van der Waals surface area contributed by atoms with Crippen LogP contribution >= 0.6 is 0 Å². The first kappa shape index (κ1) is 16.8. The van der Waals surface area contributed by atoms with Crippen molar-refractivity contribution in [2.24, 2.45) is 5.92 Å². The lowest BCUT2D eigenvalue weighted by Crippen LogP contribution is -2.47. The quantitative estimate of drug-likeness (QED) is 0.792. The Labute approximate surface area is 142 Å². The van der Waals surface area contributed by atoms with Crippen molar-refractivity contribution >= 4 is 12.1 Å². The van der Waals surface area contributed by atoms with Gasteiger partial charge in [-0.1, -0.05) is 43.2 Å². The van der Waals surface area contributed by atoms with E-state index in [0.717, 1.165) is 24.8 Å². The zero-order valence-electron chi connectivity index (χ0n) is 14.1. The van der Waals surface area contributed by atoms with Gasteiger partial charge in [0.05, 0.1) is 6.61 Å². The topological polar surface area (TPSA) is 55.8 Å². The smallest absolute Gasteiger partial charge is 0.411 e. The first-order valence-corrected chi connectivity index (χ1v) is 8.86. The van der Waals surface area contributed by atoms with Crippen LogP contribution in [0.3, 0.4) is 0 Å².